The van der Waals surface area contributed by atoms with Crippen LogP contribution in [-0.4, -0.2) is 16.8 Å². The second kappa shape index (κ2) is 4.75. The molecule has 0 aliphatic heterocycles. The topological polar surface area (TPSA) is 29.9 Å². The molecule has 0 saturated carbocycles. The lowest BCUT2D eigenvalue weighted by molar-refractivity contribution is 0.613. The first kappa shape index (κ1) is 12.3. The molecule has 19 heavy (non-hydrogen) atoms. The number of thiophene rings is 1. The van der Waals surface area contributed by atoms with E-state index in [1.807, 2.05) is 30.9 Å². The summed E-state index contributed by atoms with van der Waals surface area (Å²) < 4.78 is 16.1. The fourth-order valence-corrected chi connectivity index (χ4v) is 3.48. The van der Waals surface area contributed by atoms with Crippen LogP contribution in [0.15, 0.2) is 36.5 Å². The summed E-state index contributed by atoms with van der Waals surface area (Å²) in [6.45, 7) is 0. The number of hydrogen-bond acceptors (Lipinski definition) is 3. The SMILES string of the molecule is CNC(c1cc2ccc(F)cc2s1)c1ccnn1C. The van der Waals surface area contributed by atoms with Crippen molar-refractivity contribution in [1.29, 1.82) is 0 Å². The third-order valence-corrected chi connectivity index (χ3v) is 4.39. The maximum Gasteiger partial charge on any atom is 0.124 e. The summed E-state index contributed by atoms with van der Waals surface area (Å²) in [5.74, 6) is -0.192. The Morgan fingerprint density at radius 1 is 1.32 bits per heavy atom. The quantitative estimate of drug-likeness (QED) is 0.796. The first-order valence-corrected chi connectivity index (χ1v) is 6.85. The molecule has 0 spiro atoms. The van der Waals surface area contributed by atoms with E-state index in [0.717, 1.165) is 20.7 Å². The average molecular weight is 275 g/mol. The van der Waals surface area contributed by atoms with Gasteiger partial charge in [-0.05, 0) is 36.7 Å². The Kier molecular flexibility index (Phi) is 3.08. The molecule has 0 aliphatic rings. The molecule has 0 saturated heterocycles. The number of hydrogen-bond donors (Lipinski definition) is 1. The first-order valence-electron chi connectivity index (χ1n) is 6.03. The highest BCUT2D eigenvalue weighted by molar-refractivity contribution is 7.19. The predicted molar refractivity (Wildman–Crippen MR) is 75.9 cm³/mol. The highest BCUT2D eigenvalue weighted by atomic mass is 32.1. The summed E-state index contributed by atoms with van der Waals surface area (Å²) in [6, 6.07) is 9.07. The van der Waals surface area contributed by atoms with Gasteiger partial charge in [0.1, 0.15) is 5.82 Å². The van der Waals surface area contributed by atoms with E-state index in [4.69, 9.17) is 0 Å². The van der Waals surface area contributed by atoms with Crippen molar-refractivity contribution in [3.05, 3.63) is 52.9 Å². The van der Waals surface area contributed by atoms with Crippen LogP contribution in [0.4, 0.5) is 4.39 Å². The van der Waals surface area contributed by atoms with E-state index in [1.165, 1.54) is 6.07 Å². The zero-order valence-electron chi connectivity index (χ0n) is 10.7. The average Bonchev–Trinajstić information content (AvgIpc) is 2.97. The summed E-state index contributed by atoms with van der Waals surface area (Å²) in [7, 11) is 3.84. The van der Waals surface area contributed by atoms with Crippen LogP contribution in [0.2, 0.25) is 0 Å². The second-order valence-electron chi connectivity index (χ2n) is 4.43. The third kappa shape index (κ3) is 2.15. The highest BCUT2D eigenvalue weighted by Gasteiger charge is 2.17. The van der Waals surface area contributed by atoms with Crippen molar-refractivity contribution in [2.75, 3.05) is 7.05 Å². The van der Waals surface area contributed by atoms with E-state index in [-0.39, 0.29) is 11.9 Å². The van der Waals surface area contributed by atoms with Gasteiger partial charge in [-0.2, -0.15) is 5.10 Å². The molecule has 3 nitrogen and oxygen atoms in total. The molecule has 0 amide bonds. The summed E-state index contributed by atoms with van der Waals surface area (Å²) in [4.78, 5) is 1.16. The van der Waals surface area contributed by atoms with Gasteiger partial charge in [0.15, 0.2) is 0 Å². The number of fused-ring (bicyclic) bond motifs is 1. The molecule has 5 heteroatoms. The van der Waals surface area contributed by atoms with Crippen molar-refractivity contribution >= 4 is 21.4 Å². The van der Waals surface area contributed by atoms with Gasteiger partial charge < -0.3 is 5.32 Å². The Balaban J connectivity index is 2.09. The van der Waals surface area contributed by atoms with Gasteiger partial charge in [-0.25, -0.2) is 4.39 Å². The molecule has 1 N–H and O–H groups in total. The van der Waals surface area contributed by atoms with Crippen LogP contribution in [0.3, 0.4) is 0 Å². The van der Waals surface area contributed by atoms with Gasteiger partial charge in [0.05, 0.1) is 11.7 Å². The van der Waals surface area contributed by atoms with Gasteiger partial charge in [-0.3, -0.25) is 4.68 Å². The third-order valence-electron chi connectivity index (χ3n) is 3.23. The number of benzene rings is 1. The Morgan fingerprint density at radius 2 is 2.16 bits per heavy atom. The summed E-state index contributed by atoms with van der Waals surface area (Å²) in [6.07, 6.45) is 1.78. The number of nitrogens with zero attached hydrogens (tertiary/aromatic N) is 2. The van der Waals surface area contributed by atoms with Crippen LogP contribution in [0, 0.1) is 5.82 Å². The molecule has 0 radical (unpaired) electrons. The van der Waals surface area contributed by atoms with Crippen molar-refractivity contribution in [1.82, 2.24) is 15.1 Å². The normalized spacial score (nSPS) is 13.0. The van der Waals surface area contributed by atoms with Gasteiger partial charge in [-0.1, -0.05) is 6.07 Å². The molecule has 98 valence electrons. The fraction of sp³-hybridized carbons (Fsp3) is 0.214. The van der Waals surface area contributed by atoms with E-state index in [1.54, 1.807) is 23.6 Å². The lowest BCUT2D eigenvalue weighted by Crippen LogP contribution is -2.19. The van der Waals surface area contributed by atoms with E-state index in [2.05, 4.69) is 16.5 Å². The van der Waals surface area contributed by atoms with Crippen LogP contribution in [-0.2, 0) is 7.05 Å². The number of halogens is 1. The summed E-state index contributed by atoms with van der Waals surface area (Å²) >= 11 is 1.61. The van der Waals surface area contributed by atoms with Crippen LogP contribution < -0.4 is 5.32 Å². The monoisotopic (exact) mass is 275 g/mol. The van der Waals surface area contributed by atoms with Crippen molar-refractivity contribution in [2.24, 2.45) is 7.05 Å². The summed E-state index contributed by atoms with van der Waals surface area (Å²) in [5, 5.41) is 8.57. The molecule has 0 bridgehead atoms. The van der Waals surface area contributed by atoms with Crippen LogP contribution in [0.1, 0.15) is 16.6 Å². The zero-order valence-corrected chi connectivity index (χ0v) is 11.5. The minimum Gasteiger partial charge on any atom is -0.307 e. The molecule has 1 atom stereocenters. The molecular weight excluding hydrogens is 261 g/mol. The Bertz CT molecular complexity index is 716. The molecule has 0 fully saturated rings. The van der Waals surface area contributed by atoms with Crippen LogP contribution in [0.5, 0.6) is 0 Å². The lowest BCUT2D eigenvalue weighted by Gasteiger charge is -2.14. The fourth-order valence-electron chi connectivity index (χ4n) is 2.27. The molecule has 3 rings (SSSR count). The maximum absolute atomic E-state index is 13.2. The summed E-state index contributed by atoms with van der Waals surface area (Å²) in [5.41, 5.74) is 1.09. The Labute approximate surface area is 114 Å². The largest absolute Gasteiger partial charge is 0.307 e. The van der Waals surface area contributed by atoms with E-state index in [9.17, 15) is 4.39 Å². The lowest BCUT2D eigenvalue weighted by atomic mass is 10.1. The number of rotatable bonds is 3. The smallest absolute Gasteiger partial charge is 0.124 e. The molecular formula is C14H14FN3S. The molecule has 1 aromatic carbocycles. The molecule has 0 aliphatic carbocycles. The van der Waals surface area contributed by atoms with Gasteiger partial charge in [0, 0.05) is 22.8 Å². The van der Waals surface area contributed by atoms with E-state index < -0.39 is 0 Å². The van der Waals surface area contributed by atoms with Gasteiger partial charge >= 0.3 is 0 Å². The zero-order chi connectivity index (χ0) is 13.4. The number of aromatic nitrogens is 2. The van der Waals surface area contributed by atoms with Crippen molar-refractivity contribution in [3.63, 3.8) is 0 Å². The standard InChI is InChI=1S/C14H14FN3S/c1-16-14(11-5-6-17-18(11)2)13-7-9-3-4-10(15)8-12(9)19-13/h3-8,14,16H,1-2H3. The number of nitrogens with one attached hydrogen (secondary N) is 1. The van der Waals surface area contributed by atoms with Crippen molar-refractivity contribution in [3.8, 4) is 0 Å². The van der Waals surface area contributed by atoms with Gasteiger partial charge in [0.25, 0.3) is 0 Å². The molecule has 2 aromatic heterocycles. The van der Waals surface area contributed by atoms with Crippen LogP contribution >= 0.6 is 11.3 Å². The molecule has 1 unspecified atom stereocenters. The first-order chi connectivity index (χ1) is 9.19. The minimum atomic E-state index is -0.192. The molecule has 3 aromatic rings. The van der Waals surface area contributed by atoms with Crippen molar-refractivity contribution in [2.45, 2.75) is 6.04 Å². The second-order valence-corrected chi connectivity index (χ2v) is 5.55. The van der Waals surface area contributed by atoms with E-state index in [0.29, 0.717) is 0 Å². The Hall–Kier alpha value is -1.72. The van der Waals surface area contributed by atoms with Gasteiger partial charge in [-0.15, -0.1) is 11.3 Å². The Morgan fingerprint density at radius 3 is 2.84 bits per heavy atom. The molecule has 2 heterocycles. The van der Waals surface area contributed by atoms with Crippen LogP contribution in [0.25, 0.3) is 10.1 Å². The predicted octanol–water partition coefficient (Wildman–Crippen LogP) is 3.08. The van der Waals surface area contributed by atoms with Crippen molar-refractivity contribution < 1.29 is 4.39 Å². The van der Waals surface area contributed by atoms with Gasteiger partial charge in [0.2, 0.25) is 0 Å². The number of aryl methyl sites for hydroxylation is 1. The highest BCUT2D eigenvalue weighted by Crippen LogP contribution is 2.33. The minimum absolute atomic E-state index is 0.0768. The maximum atomic E-state index is 13.2. The van der Waals surface area contributed by atoms with E-state index >= 15 is 0 Å².